The third-order valence-electron chi connectivity index (χ3n) is 5.33. The largest absolute Gasteiger partial charge is 0.497 e. The molecule has 0 unspecified atom stereocenters. The summed E-state index contributed by atoms with van der Waals surface area (Å²) in [5.41, 5.74) is 3.68. The van der Waals surface area contributed by atoms with E-state index in [1.165, 1.54) is 17.7 Å². The molecule has 1 N–H and O–H groups in total. The minimum Gasteiger partial charge on any atom is -0.497 e. The first-order valence-corrected chi connectivity index (χ1v) is 9.73. The predicted molar refractivity (Wildman–Crippen MR) is 114 cm³/mol. The van der Waals surface area contributed by atoms with E-state index >= 15 is 0 Å². The lowest BCUT2D eigenvalue weighted by molar-refractivity contribution is 0.194. The maximum atomic E-state index is 13.5. The Hall–Kier alpha value is -3.54. The van der Waals surface area contributed by atoms with Gasteiger partial charge in [-0.15, -0.1) is 0 Å². The summed E-state index contributed by atoms with van der Waals surface area (Å²) in [5, 5.41) is 2.96. The Kier molecular flexibility index (Phi) is 5.57. The topological polar surface area (TPSA) is 50.8 Å². The number of fused-ring (bicyclic) bond motifs is 1. The number of urea groups is 1. The number of ether oxygens (including phenoxy) is 2. The monoisotopic (exact) mass is 406 g/mol. The minimum absolute atomic E-state index is 0.242. The summed E-state index contributed by atoms with van der Waals surface area (Å²) in [6.07, 6.45) is 0.753. The third kappa shape index (κ3) is 3.94. The fraction of sp³-hybridized carbons (Fsp3) is 0.208. The number of anilines is 1. The van der Waals surface area contributed by atoms with E-state index in [2.05, 4.69) is 11.4 Å². The molecule has 1 atom stereocenters. The molecule has 4 rings (SSSR count). The molecule has 30 heavy (non-hydrogen) atoms. The zero-order chi connectivity index (χ0) is 21.1. The highest BCUT2D eigenvalue weighted by Crippen LogP contribution is 2.36. The van der Waals surface area contributed by atoms with Gasteiger partial charge in [0.1, 0.15) is 17.3 Å². The summed E-state index contributed by atoms with van der Waals surface area (Å²) in [4.78, 5) is 15.1. The summed E-state index contributed by atoms with van der Waals surface area (Å²) in [7, 11) is 3.12. The van der Waals surface area contributed by atoms with Gasteiger partial charge in [-0.1, -0.05) is 36.4 Å². The molecular formula is C24H23FN2O3. The second kappa shape index (κ2) is 8.45. The van der Waals surface area contributed by atoms with Gasteiger partial charge in [-0.05, 0) is 35.2 Å². The normalized spacial score (nSPS) is 15.3. The van der Waals surface area contributed by atoms with Gasteiger partial charge in [0.15, 0.2) is 0 Å². The molecule has 1 heterocycles. The first-order chi connectivity index (χ1) is 14.6. The van der Waals surface area contributed by atoms with Crippen LogP contribution in [-0.4, -0.2) is 31.7 Å². The molecule has 0 saturated carbocycles. The van der Waals surface area contributed by atoms with Crippen LogP contribution in [0.4, 0.5) is 14.9 Å². The van der Waals surface area contributed by atoms with Crippen molar-refractivity contribution in [2.45, 2.75) is 12.5 Å². The second-order valence-corrected chi connectivity index (χ2v) is 7.13. The number of rotatable bonds is 4. The average molecular weight is 406 g/mol. The molecule has 3 aromatic rings. The van der Waals surface area contributed by atoms with Crippen molar-refractivity contribution >= 4 is 11.7 Å². The van der Waals surface area contributed by atoms with E-state index in [-0.39, 0.29) is 17.9 Å². The van der Waals surface area contributed by atoms with Crippen LogP contribution >= 0.6 is 0 Å². The Morgan fingerprint density at radius 3 is 2.33 bits per heavy atom. The van der Waals surface area contributed by atoms with Gasteiger partial charge in [0.2, 0.25) is 0 Å². The zero-order valence-corrected chi connectivity index (χ0v) is 16.9. The molecule has 0 aliphatic carbocycles. The van der Waals surface area contributed by atoms with Crippen molar-refractivity contribution in [2.75, 3.05) is 26.1 Å². The van der Waals surface area contributed by atoms with Crippen LogP contribution in [0.5, 0.6) is 11.5 Å². The van der Waals surface area contributed by atoms with Crippen LogP contribution in [-0.2, 0) is 6.42 Å². The van der Waals surface area contributed by atoms with Crippen molar-refractivity contribution in [3.8, 4) is 11.5 Å². The van der Waals surface area contributed by atoms with Crippen LogP contribution in [0, 0.1) is 5.82 Å². The lowest BCUT2D eigenvalue weighted by Gasteiger charge is -2.37. The third-order valence-corrected chi connectivity index (χ3v) is 5.33. The molecule has 0 bridgehead atoms. The molecule has 1 aliphatic rings. The quantitative estimate of drug-likeness (QED) is 0.662. The second-order valence-electron chi connectivity index (χ2n) is 7.13. The van der Waals surface area contributed by atoms with E-state index < -0.39 is 0 Å². The molecule has 0 aromatic heterocycles. The van der Waals surface area contributed by atoms with Crippen molar-refractivity contribution in [3.05, 3.63) is 89.2 Å². The maximum absolute atomic E-state index is 13.5. The Morgan fingerprint density at radius 1 is 1.00 bits per heavy atom. The molecule has 0 saturated heterocycles. The van der Waals surface area contributed by atoms with Crippen molar-refractivity contribution < 1.29 is 18.7 Å². The van der Waals surface area contributed by atoms with E-state index in [1.54, 1.807) is 49.5 Å². The summed E-state index contributed by atoms with van der Waals surface area (Å²) in [6.45, 7) is 0.548. The van der Waals surface area contributed by atoms with Crippen molar-refractivity contribution in [1.82, 2.24) is 4.90 Å². The van der Waals surface area contributed by atoms with Gasteiger partial charge in [0.25, 0.3) is 0 Å². The smallest absolute Gasteiger partial charge is 0.322 e. The zero-order valence-electron chi connectivity index (χ0n) is 16.9. The number of hydrogen-bond donors (Lipinski definition) is 1. The molecule has 1 aliphatic heterocycles. The molecule has 6 heteroatoms. The fourth-order valence-corrected chi connectivity index (χ4v) is 3.86. The molecule has 3 aromatic carbocycles. The number of amides is 2. The Balaban J connectivity index is 1.68. The van der Waals surface area contributed by atoms with Crippen LogP contribution in [0.1, 0.15) is 22.7 Å². The standard InChI is InChI=1S/C24H23FN2O3/c1-29-20-13-19(14-21(15-20)30-2)26-24(28)27-12-11-16-5-3-4-6-22(16)23(27)17-7-9-18(25)10-8-17/h3-10,13-15,23H,11-12H2,1-2H3,(H,26,28)/t23-/m0/s1. The number of benzene rings is 3. The Bertz CT molecular complexity index is 1030. The summed E-state index contributed by atoms with van der Waals surface area (Å²) >= 11 is 0. The van der Waals surface area contributed by atoms with E-state index in [0.29, 0.717) is 23.7 Å². The highest BCUT2D eigenvalue weighted by atomic mass is 19.1. The van der Waals surface area contributed by atoms with Gasteiger partial charge in [-0.2, -0.15) is 0 Å². The van der Waals surface area contributed by atoms with Crippen LogP contribution in [0.25, 0.3) is 0 Å². The highest BCUT2D eigenvalue weighted by molar-refractivity contribution is 5.90. The maximum Gasteiger partial charge on any atom is 0.322 e. The van der Waals surface area contributed by atoms with Crippen LogP contribution in [0.2, 0.25) is 0 Å². The van der Waals surface area contributed by atoms with Crippen LogP contribution in [0.3, 0.4) is 0 Å². The number of methoxy groups -OCH3 is 2. The van der Waals surface area contributed by atoms with Gasteiger partial charge < -0.3 is 19.7 Å². The minimum atomic E-state index is -0.303. The van der Waals surface area contributed by atoms with Crippen LogP contribution in [0.15, 0.2) is 66.7 Å². The predicted octanol–water partition coefficient (Wildman–Crippen LogP) is 5.02. The molecule has 5 nitrogen and oxygen atoms in total. The fourth-order valence-electron chi connectivity index (χ4n) is 3.86. The lowest BCUT2D eigenvalue weighted by atomic mass is 9.88. The number of carbonyl (C=O) groups is 1. The SMILES string of the molecule is COc1cc(NC(=O)N2CCc3ccccc3[C@@H]2c2ccc(F)cc2)cc(OC)c1. The number of halogens is 1. The molecule has 0 fully saturated rings. The van der Waals surface area contributed by atoms with E-state index in [0.717, 1.165) is 17.5 Å². The molecule has 154 valence electrons. The van der Waals surface area contributed by atoms with Gasteiger partial charge >= 0.3 is 6.03 Å². The van der Waals surface area contributed by atoms with E-state index in [9.17, 15) is 9.18 Å². The van der Waals surface area contributed by atoms with Crippen LogP contribution < -0.4 is 14.8 Å². The number of hydrogen-bond acceptors (Lipinski definition) is 3. The van der Waals surface area contributed by atoms with E-state index in [4.69, 9.17) is 9.47 Å². The molecule has 0 radical (unpaired) electrons. The van der Waals surface area contributed by atoms with Gasteiger partial charge in [0.05, 0.1) is 20.3 Å². The Labute approximate surface area is 175 Å². The van der Waals surface area contributed by atoms with Crippen molar-refractivity contribution in [3.63, 3.8) is 0 Å². The molecule has 2 amide bonds. The van der Waals surface area contributed by atoms with E-state index in [1.807, 2.05) is 18.2 Å². The van der Waals surface area contributed by atoms with Gasteiger partial charge in [-0.3, -0.25) is 0 Å². The number of carbonyl (C=O) groups excluding carboxylic acids is 1. The van der Waals surface area contributed by atoms with Crippen molar-refractivity contribution in [2.24, 2.45) is 0 Å². The summed E-state index contributed by atoms with van der Waals surface area (Å²) in [6, 6.07) is 19.1. The average Bonchev–Trinajstić information content (AvgIpc) is 2.78. The lowest BCUT2D eigenvalue weighted by Crippen LogP contribution is -2.43. The first-order valence-electron chi connectivity index (χ1n) is 9.73. The van der Waals surface area contributed by atoms with Gasteiger partial charge in [-0.25, -0.2) is 9.18 Å². The summed E-state index contributed by atoms with van der Waals surface area (Å²) in [5.74, 6) is 0.870. The van der Waals surface area contributed by atoms with Crippen molar-refractivity contribution in [1.29, 1.82) is 0 Å². The molecule has 0 spiro atoms. The number of nitrogens with zero attached hydrogens (tertiary/aromatic N) is 1. The first kappa shape index (κ1) is 19.8. The molecular weight excluding hydrogens is 383 g/mol. The Morgan fingerprint density at radius 2 is 1.67 bits per heavy atom. The highest BCUT2D eigenvalue weighted by Gasteiger charge is 2.32. The van der Waals surface area contributed by atoms with Gasteiger partial charge in [0, 0.05) is 30.4 Å². The summed E-state index contributed by atoms with van der Waals surface area (Å²) < 4.78 is 24.1. The number of nitrogens with one attached hydrogen (secondary N) is 1.